The number of benzene rings is 3. The minimum Gasteiger partial charge on any atom is -0.493 e. The Balaban J connectivity index is 1.68. The molecular weight excluding hydrogens is 396 g/mol. The summed E-state index contributed by atoms with van der Waals surface area (Å²) in [5.74, 6) is 0.876. The lowest BCUT2D eigenvalue weighted by Crippen LogP contribution is -2.15. The number of ether oxygens (including phenoxy) is 1. The van der Waals surface area contributed by atoms with E-state index >= 15 is 0 Å². The zero-order chi connectivity index (χ0) is 19.7. The molecule has 1 unspecified atom stereocenters. The van der Waals surface area contributed by atoms with Gasteiger partial charge >= 0.3 is 0 Å². The Bertz CT molecular complexity index is 1180. The van der Waals surface area contributed by atoms with Crippen LogP contribution in [0.2, 0.25) is 0 Å². The summed E-state index contributed by atoms with van der Waals surface area (Å²) in [6.07, 6.45) is 0.843. The van der Waals surface area contributed by atoms with Crippen LogP contribution in [0.4, 0.5) is 5.69 Å². The van der Waals surface area contributed by atoms with Crippen LogP contribution in [0.5, 0.6) is 5.75 Å². The molecule has 8 heteroatoms. The van der Waals surface area contributed by atoms with Crippen LogP contribution in [0.25, 0.3) is 11.1 Å². The number of anilines is 1. The van der Waals surface area contributed by atoms with E-state index in [1.54, 1.807) is 24.3 Å². The number of nitrogens with one attached hydrogen (secondary N) is 1. The highest BCUT2D eigenvalue weighted by Gasteiger charge is 2.19. The molecule has 0 spiro atoms. The van der Waals surface area contributed by atoms with Crippen LogP contribution < -0.4 is 14.6 Å². The molecule has 3 aromatic carbocycles. The van der Waals surface area contributed by atoms with Crippen LogP contribution in [0, 0.1) is 0 Å². The van der Waals surface area contributed by atoms with E-state index in [0.717, 1.165) is 28.9 Å². The SMILES string of the molecule is NS(=O)c1ccccc1NS(=O)(=O)c1cccc(-c2ccc3c(c2)CCO3)c1. The monoisotopic (exact) mass is 414 g/mol. The number of para-hydroxylation sites is 1. The lowest BCUT2D eigenvalue weighted by Gasteiger charge is -2.12. The van der Waals surface area contributed by atoms with Crippen LogP contribution in [0.3, 0.4) is 0 Å². The maximum atomic E-state index is 12.9. The van der Waals surface area contributed by atoms with Crippen molar-refractivity contribution in [3.8, 4) is 16.9 Å². The predicted octanol–water partition coefficient (Wildman–Crippen LogP) is 3.07. The first-order valence-electron chi connectivity index (χ1n) is 8.58. The molecule has 0 saturated carbocycles. The summed E-state index contributed by atoms with van der Waals surface area (Å²) in [6.45, 7) is 0.666. The maximum Gasteiger partial charge on any atom is 0.261 e. The number of nitrogens with two attached hydrogens (primary N) is 1. The van der Waals surface area contributed by atoms with E-state index in [0.29, 0.717) is 6.61 Å². The van der Waals surface area contributed by atoms with Crippen LogP contribution in [0.1, 0.15) is 5.56 Å². The lowest BCUT2D eigenvalue weighted by molar-refractivity contribution is 0.357. The molecule has 28 heavy (non-hydrogen) atoms. The van der Waals surface area contributed by atoms with Gasteiger partial charge in [-0.25, -0.2) is 17.8 Å². The first kappa shape index (κ1) is 18.7. The molecule has 1 aliphatic heterocycles. The molecule has 144 valence electrons. The molecule has 1 heterocycles. The Labute approximate surface area is 166 Å². The summed E-state index contributed by atoms with van der Waals surface area (Å²) in [6, 6.07) is 18.9. The van der Waals surface area contributed by atoms with Gasteiger partial charge in [0.05, 0.1) is 22.1 Å². The van der Waals surface area contributed by atoms with Crippen LogP contribution >= 0.6 is 0 Å². The molecule has 0 bridgehead atoms. The smallest absolute Gasteiger partial charge is 0.261 e. The average Bonchev–Trinajstić information content (AvgIpc) is 3.16. The molecule has 6 nitrogen and oxygen atoms in total. The highest BCUT2D eigenvalue weighted by molar-refractivity contribution is 7.92. The molecule has 0 saturated heterocycles. The summed E-state index contributed by atoms with van der Waals surface area (Å²) in [4.78, 5) is 0.334. The van der Waals surface area contributed by atoms with Crippen molar-refractivity contribution in [3.63, 3.8) is 0 Å². The Morgan fingerprint density at radius 1 is 0.964 bits per heavy atom. The molecule has 4 rings (SSSR count). The van der Waals surface area contributed by atoms with E-state index in [1.807, 2.05) is 24.3 Å². The zero-order valence-corrected chi connectivity index (χ0v) is 16.4. The third-order valence-electron chi connectivity index (χ3n) is 4.52. The Kier molecular flexibility index (Phi) is 4.92. The molecule has 1 aliphatic rings. The van der Waals surface area contributed by atoms with Gasteiger partial charge in [-0.3, -0.25) is 4.72 Å². The van der Waals surface area contributed by atoms with E-state index in [2.05, 4.69) is 4.72 Å². The largest absolute Gasteiger partial charge is 0.493 e. The minimum atomic E-state index is -3.88. The third kappa shape index (κ3) is 3.66. The van der Waals surface area contributed by atoms with Gasteiger partial charge in [0.15, 0.2) is 0 Å². The average molecular weight is 415 g/mol. The maximum absolute atomic E-state index is 12.9. The number of sulfonamides is 1. The highest BCUT2D eigenvalue weighted by atomic mass is 32.2. The predicted molar refractivity (Wildman–Crippen MR) is 109 cm³/mol. The normalized spacial score (nSPS) is 14.2. The van der Waals surface area contributed by atoms with Crippen LogP contribution in [0.15, 0.2) is 76.5 Å². The second-order valence-corrected chi connectivity index (χ2v) is 9.06. The van der Waals surface area contributed by atoms with Gasteiger partial charge in [0, 0.05) is 6.42 Å². The van der Waals surface area contributed by atoms with Gasteiger partial charge in [0.25, 0.3) is 10.0 Å². The lowest BCUT2D eigenvalue weighted by atomic mass is 10.0. The van der Waals surface area contributed by atoms with Crippen molar-refractivity contribution < 1.29 is 17.4 Å². The summed E-state index contributed by atoms with van der Waals surface area (Å²) in [5.41, 5.74) is 3.02. The van der Waals surface area contributed by atoms with Crippen molar-refractivity contribution in [3.05, 3.63) is 72.3 Å². The minimum absolute atomic E-state index is 0.111. The van der Waals surface area contributed by atoms with Crippen molar-refractivity contribution in [1.82, 2.24) is 0 Å². The number of fused-ring (bicyclic) bond motifs is 1. The van der Waals surface area contributed by atoms with Crippen molar-refractivity contribution in [2.24, 2.45) is 5.14 Å². The Hall–Kier alpha value is -2.68. The molecule has 3 aromatic rings. The first-order chi connectivity index (χ1) is 13.4. The van der Waals surface area contributed by atoms with Crippen molar-refractivity contribution in [1.29, 1.82) is 0 Å². The van der Waals surface area contributed by atoms with Crippen LogP contribution in [-0.2, 0) is 27.4 Å². The van der Waals surface area contributed by atoms with Crippen molar-refractivity contribution >= 4 is 26.7 Å². The van der Waals surface area contributed by atoms with E-state index in [1.165, 1.54) is 18.2 Å². The fraction of sp³-hybridized carbons (Fsp3) is 0.100. The fourth-order valence-electron chi connectivity index (χ4n) is 3.14. The molecule has 0 amide bonds. The molecule has 1 atom stereocenters. The molecule has 0 fully saturated rings. The topological polar surface area (TPSA) is 98.5 Å². The van der Waals surface area contributed by atoms with E-state index < -0.39 is 21.0 Å². The number of hydrogen-bond acceptors (Lipinski definition) is 4. The molecule has 0 radical (unpaired) electrons. The molecule has 3 N–H and O–H groups in total. The Morgan fingerprint density at radius 3 is 2.57 bits per heavy atom. The second kappa shape index (κ2) is 7.38. The van der Waals surface area contributed by atoms with Crippen molar-refractivity contribution in [2.45, 2.75) is 16.2 Å². The number of rotatable bonds is 5. The van der Waals surface area contributed by atoms with Gasteiger partial charge in [-0.15, -0.1) is 0 Å². The van der Waals surface area contributed by atoms with Crippen LogP contribution in [-0.4, -0.2) is 19.2 Å². The van der Waals surface area contributed by atoms with Crippen molar-refractivity contribution in [2.75, 3.05) is 11.3 Å². The van der Waals surface area contributed by atoms with Gasteiger partial charge < -0.3 is 4.74 Å². The quantitative estimate of drug-likeness (QED) is 0.670. The highest BCUT2D eigenvalue weighted by Crippen LogP contribution is 2.31. The van der Waals surface area contributed by atoms with Gasteiger partial charge in [0.1, 0.15) is 16.7 Å². The Morgan fingerprint density at radius 2 is 1.75 bits per heavy atom. The first-order valence-corrected chi connectivity index (χ1v) is 11.3. The summed E-state index contributed by atoms with van der Waals surface area (Å²) in [7, 11) is -5.68. The molecule has 0 aliphatic carbocycles. The van der Waals surface area contributed by atoms with E-state index in [-0.39, 0.29) is 15.5 Å². The van der Waals surface area contributed by atoms with Gasteiger partial charge in [0.2, 0.25) is 0 Å². The molecular formula is C20H18N2O4S2. The van der Waals surface area contributed by atoms with E-state index in [9.17, 15) is 12.6 Å². The standard InChI is InChI=1S/C20H18N2O4S2/c21-27(23)20-7-2-1-6-18(20)22-28(24,25)17-5-3-4-14(13-17)15-8-9-19-16(12-15)10-11-26-19/h1-9,12-13,22H,10-11,21H2. The number of hydrogen-bond donors (Lipinski definition) is 2. The van der Waals surface area contributed by atoms with Gasteiger partial charge in [-0.2, -0.15) is 0 Å². The zero-order valence-electron chi connectivity index (χ0n) is 14.8. The summed E-state index contributed by atoms with van der Waals surface area (Å²) in [5, 5.41) is 5.44. The molecule has 0 aromatic heterocycles. The second-order valence-electron chi connectivity index (χ2n) is 6.35. The van der Waals surface area contributed by atoms with E-state index in [4.69, 9.17) is 9.88 Å². The summed E-state index contributed by atoms with van der Waals surface area (Å²) < 4.78 is 45.4. The van der Waals surface area contributed by atoms with Gasteiger partial charge in [-0.05, 0) is 53.1 Å². The fourth-order valence-corrected chi connectivity index (χ4v) is 4.88. The summed E-state index contributed by atoms with van der Waals surface area (Å²) >= 11 is 0. The van der Waals surface area contributed by atoms with Gasteiger partial charge in [-0.1, -0.05) is 30.3 Å². The third-order valence-corrected chi connectivity index (χ3v) is 6.67.